The average Bonchev–Trinajstić information content (AvgIpc) is 3.03. The molecule has 0 aliphatic heterocycles. The first-order valence-electron chi connectivity index (χ1n) is 7.45. The number of para-hydroxylation sites is 2. The van der Waals surface area contributed by atoms with Gasteiger partial charge in [-0.3, -0.25) is 0 Å². The first-order chi connectivity index (χ1) is 11.7. The molecule has 1 atom stereocenters. The highest BCUT2D eigenvalue weighted by Crippen LogP contribution is 2.30. The molecule has 0 bridgehead atoms. The van der Waals surface area contributed by atoms with Crippen molar-refractivity contribution in [2.75, 3.05) is 14.2 Å². The lowest BCUT2D eigenvalue weighted by molar-refractivity contribution is 0.354. The van der Waals surface area contributed by atoms with Gasteiger partial charge in [0.2, 0.25) is 0 Å². The second kappa shape index (κ2) is 7.28. The molecule has 0 aliphatic rings. The average molecular weight is 339 g/mol. The molecule has 0 amide bonds. The molecule has 0 aliphatic carbocycles. The Hall–Kier alpha value is -2.65. The minimum Gasteiger partial charge on any atom is -0.493 e. The van der Waals surface area contributed by atoms with Crippen molar-refractivity contribution >= 4 is 22.8 Å². The molecule has 0 saturated heterocycles. The Morgan fingerprint density at radius 2 is 1.96 bits per heavy atom. The molecule has 1 N–H and O–H groups in total. The lowest BCUT2D eigenvalue weighted by Crippen LogP contribution is -2.05. The van der Waals surface area contributed by atoms with Crippen molar-refractivity contribution in [2.24, 2.45) is 0 Å². The van der Waals surface area contributed by atoms with Crippen LogP contribution in [0.15, 0.2) is 47.6 Å². The predicted molar refractivity (Wildman–Crippen MR) is 94.6 cm³/mol. The molecular formula is C18H17N3O2S. The summed E-state index contributed by atoms with van der Waals surface area (Å²) in [6.07, 6.45) is 0.596. The fourth-order valence-electron chi connectivity index (χ4n) is 2.46. The van der Waals surface area contributed by atoms with Crippen LogP contribution < -0.4 is 9.47 Å². The Labute approximate surface area is 144 Å². The van der Waals surface area contributed by atoms with Crippen molar-refractivity contribution in [2.45, 2.75) is 16.8 Å². The molecule has 122 valence electrons. The summed E-state index contributed by atoms with van der Waals surface area (Å²) in [5, 5.41) is 9.99. The number of rotatable bonds is 6. The molecule has 2 aromatic carbocycles. The summed E-state index contributed by atoms with van der Waals surface area (Å²) >= 11 is 1.43. The SMILES string of the molecule is COc1ccc(CC(C#N)Sc2nc3ccccc3[nH]2)cc1OC. The van der Waals surface area contributed by atoms with Gasteiger partial charge in [0.05, 0.1) is 31.3 Å². The van der Waals surface area contributed by atoms with Gasteiger partial charge >= 0.3 is 0 Å². The van der Waals surface area contributed by atoms with E-state index in [-0.39, 0.29) is 5.25 Å². The second-order valence-electron chi connectivity index (χ2n) is 5.19. The van der Waals surface area contributed by atoms with E-state index in [1.807, 2.05) is 42.5 Å². The van der Waals surface area contributed by atoms with Crippen LogP contribution in [0.3, 0.4) is 0 Å². The normalized spacial score (nSPS) is 11.9. The molecular weight excluding hydrogens is 322 g/mol. The molecule has 0 saturated carbocycles. The number of hydrogen-bond donors (Lipinski definition) is 1. The summed E-state index contributed by atoms with van der Waals surface area (Å²) in [6.45, 7) is 0. The number of aromatic nitrogens is 2. The number of ether oxygens (including phenoxy) is 2. The number of H-pyrrole nitrogens is 1. The zero-order valence-electron chi connectivity index (χ0n) is 13.4. The number of benzene rings is 2. The van der Waals surface area contributed by atoms with E-state index < -0.39 is 0 Å². The van der Waals surface area contributed by atoms with Crippen LogP contribution in [0.1, 0.15) is 5.56 Å². The lowest BCUT2D eigenvalue weighted by Gasteiger charge is -2.11. The molecule has 1 unspecified atom stereocenters. The highest BCUT2D eigenvalue weighted by molar-refractivity contribution is 8.00. The minimum atomic E-state index is -0.247. The lowest BCUT2D eigenvalue weighted by atomic mass is 10.1. The molecule has 3 aromatic rings. The molecule has 5 nitrogen and oxygen atoms in total. The third kappa shape index (κ3) is 3.47. The number of nitrogens with zero attached hydrogens (tertiary/aromatic N) is 2. The number of nitrogens with one attached hydrogen (secondary N) is 1. The summed E-state index contributed by atoms with van der Waals surface area (Å²) in [7, 11) is 3.21. The van der Waals surface area contributed by atoms with Crippen molar-refractivity contribution in [1.29, 1.82) is 5.26 Å². The van der Waals surface area contributed by atoms with Gasteiger partial charge in [-0.2, -0.15) is 5.26 Å². The molecule has 0 radical (unpaired) electrons. The first-order valence-corrected chi connectivity index (χ1v) is 8.33. The van der Waals surface area contributed by atoms with Crippen molar-refractivity contribution in [3.05, 3.63) is 48.0 Å². The maximum absolute atomic E-state index is 9.48. The number of fused-ring (bicyclic) bond motifs is 1. The van der Waals surface area contributed by atoms with E-state index in [1.165, 1.54) is 11.8 Å². The Kier molecular flexibility index (Phi) is 4.92. The maximum atomic E-state index is 9.48. The van der Waals surface area contributed by atoms with Gasteiger partial charge in [0.1, 0.15) is 5.25 Å². The van der Waals surface area contributed by atoms with Crippen LogP contribution in [0.2, 0.25) is 0 Å². The van der Waals surface area contributed by atoms with Gasteiger partial charge in [-0.15, -0.1) is 0 Å². The Morgan fingerprint density at radius 3 is 2.67 bits per heavy atom. The fraction of sp³-hybridized carbons (Fsp3) is 0.222. The van der Waals surface area contributed by atoms with Gasteiger partial charge in [0.25, 0.3) is 0 Å². The summed E-state index contributed by atoms with van der Waals surface area (Å²) in [6, 6.07) is 15.9. The van der Waals surface area contributed by atoms with Crippen molar-refractivity contribution in [1.82, 2.24) is 9.97 Å². The first kappa shape index (κ1) is 16.2. The Bertz CT molecular complexity index is 852. The molecule has 3 rings (SSSR count). The van der Waals surface area contributed by atoms with Crippen LogP contribution in [0, 0.1) is 11.3 Å². The van der Waals surface area contributed by atoms with Gasteiger partial charge < -0.3 is 14.5 Å². The van der Waals surface area contributed by atoms with Gasteiger partial charge in [-0.25, -0.2) is 4.98 Å². The Morgan fingerprint density at radius 1 is 1.17 bits per heavy atom. The standard InChI is InChI=1S/C18H17N3O2S/c1-22-16-8-7-12(10-17(16)23-2)9-13(11-19)24-18-20-14-5-3-4-6-15(14)21-18/h3-8,10,13H,9H2,1-2H3,(H,20,21). The van der Waals surface area contributed by atoms with E-state index in [0.29, 0.717) is 17.9 Å². The minimum absolute atomic E-state index is 0.247. The third-order valence-electron chi connectivity index (χ3n) is 3.63. The van der Waals surface area contributed by atoms with Crippen LogP contribution in [0.5, 0.6) is 11.5 Å². The number of methoxy groups -OCH3 is 2. The van der Waals surface area contributed by atoms with Crippen molar-refractivity contribution in [3.8, 4) is 17.6 Å². The zero-order chi connectivity index (χ0) is 16.9. The summed E-state index contributed by atoms with van der Waals surface area (Å²) in [5.74, 6) is 1.35. The fourth-order valence-corrected chi connectivity index (χ4v) is 3.37. The van der Waals surface area contributed by atoms with E-state index in [9.17, 15) is 5.26 Å². The molecule has 1 heterocycles. The summed E-state index contributed by atoms with van der Waals surface area (Å²) in [4.78, 5) is 7.76. The van der Waals surface area contributed by atoms with Gasteiger partial charge in [-0.05, 0) is 36.2 Å². The van der Waals surface area contributed by atoms with E-state index in [0.717, 1.165) is 21.8 Å². The highest BCUT2D eigenvalue weighted by Gasteiger charge is 2.15. The molecule has 6 heteroatoms. The maximum Gasteiger partial charge on any atom is 0.167 e. The van der Waals surface area contributed by atoms with Crippen LogP contribution in [0.25, 0.3) is 11.0 Å². The summed E-state index contributed by atoms with van der Waals surface area (Å²) in [5.41, 5.74) is 2.90. The van der Waals surface area contributed by atoms with Crippen LogP contribution in [-0.4, -0.2) is 29.4 Å². The van der Waals surface area contributed by atoms with Crippen LogP contribution >= 0.6 is 11.8 Å². The Balaban J connectivity index is 1.76. The van der Waals surface area contributed by atoms with E-state index in [1.54, 1.807) is 14.2 Å². The topological polar surface area (TPSA) is 70.9 Å². The second-order valence-corrected chi connectivity index (χ2v) is 6.38. The predicted octanol–water partition coefficient (Wildman–Crippen LogP) is 3.81. The van der Waals surface area contributed by atoms with Gasteiger partial charge in [0.15, 0.2) is 16.7 Å². The quantitative estimate of drug-likeness (QED) is 0.692. The number of nitriles is 1. The summed E-state index contributed by atoms with van der Waals surface area (Å²) < 4.78 is 10.6. The van der Waals surface area contributed by atoms with Crippen LogP contribution in [0.4, 0.5) is 0 Å². The van der Waals surface area contributed by atoms with Crippen molar-refractivity contribution in [3.63, 3.8) is 0 Å². The number of imidazole rings is 1. The highest BCUT2D eigenvalue weighted by atomic mass is 32.2. The smallest absolute Gasteiger partial charge is 0.167 e. The molecule has 0 spiro atoms. The number of hydrogen-bond acceptors (Lipinski definition) is 5. The molecule has 24 heavy (non-hydrogen) atoms. The molecule has 0 fully saturated rings. The van der Waals surface area contributed by atoms with Gasteiger partial charge in [-0.1, -0.05) is 30.0 Å². The number of thioether (sulfide) groups is 1. The van der Waals surface area contributed by atoms with E-state index >= 15 is 0 Å². The third-order valence-corrected chi connectivity index (χ3v) is 4.61. The largest absolute Gasteiger partial charge is 0.493 e. The molecule has 1 aromatic heterocycles. The number of aromatic amines is 1. The van der Waals surface area contributed by atoms with E-state index in [2.05, 4.69) is 16.0 Å². The van der Waals surface area contributed by atoms with Crippen molar-refractivity contribution < 1.29 is 9.47 Å². The van der Waals surface area contributed by atoms with Crippen LogP contribution in [-0.2, 0) is 6.42 Å². The van der Waals surface area contributed by atoms with Gasteiger partial charge in [0, 0.05) is 0 Å². The monoisotopic (exact) mass is 339 g/mol. The van der Waals surface area contributed by atoms with E-state index in [4.69, 9.17) is 9.47 Å². The zero-order valence-corrected chi connectivity index (χ0v) is 14.3.